The van der Waals surface area contributed by atoms with Crippen LogP contribution in [-0.4, -0.2) is 36.1 Å². The number of rotatable bonds is 2. The van der Waals surface area contributed by atoms with Gasteiger partial charge < -0.3 is 16.0 Å². The summed E-state index contributed by atoms with van der Waals surface area (Å²) in [5.74, 6) is 1.60. The molecule has 0 unspecified atom stereocenters. The Bertz CT molecular complexity index is 564. The van der Waals surface area contributed by atoms with Gasteiger partial charge in [0.15, 0.2) is 0 Å². The first-order valence-corrected chi connectivity index (χ1v) is 8.81. The summed E-state index contributed by atoms with van der Waals surface area (Å²) in [6.45, 7) is 2.10. The average molecular weight is 301 g/mol. The molecule has 2 fully saturated rings. The van der Waals surface area contributed by atoms with Gasteiger partial charge >= 0.3 is 0 Å². The fraction of sp³-hybridized carbons (Fsp3) is 0.765. The molecule has 120 valence electrons. The van der Waals surface area contributed by atoms with E-state index in [1.807, 2.05) is 7.05 Å². The Morgan fingerprint density at radius 3 is 2.68 bits per heavy atom. The Morgan fingerprint density at radius 1 is 1.18 bits per heavy atom. The number of anilines is 2. The van der Waals surface area contributed by atoms with Gasteiger partial charge in [-0.25, -0.2) is 4.98 Å². The van der Waals surface area contributed by atoms with Crippen LogP contribution in [0.15, 0.2) is 0 Å². The molecule has 3 N–H and O–H groups in total. The van der Waals surface area contributed by atoms with E-state index in [1.54, 1.807) is 0 Å². The Labute approximate surface area is 132 Å². The van der Waals surface area contributed by atoms with Gasteiger partial charge in [-0.3, -0.25) is 0 Å². The molecule has 0 bridgehead atoms. The van der Waals surface area contributed by atoms with E-state index in [9.17, 15) is 0 Å². The molecule has 1 saturated heterocycles. The molecule has 1 aliphatic heterocycles. The maximum atomic E-state index is 6.10. The number of nitrogens with one attached hydrogen (secondary N) is 1. The van der Waals surface area contributed by atoms with Crippen LogP contribution < -0.4 is 16.0 Å². The van der Waals surface area contributed by atoms with Crippen molar-refractivity contribution in [3.05, 3.63) is 11.3 Å². The van der Waals surface area contributed by atoms with Gasteiger partial charge in [0.2, 0.25) is 5.95 Å². The lowest BCUT2D eigenvalue weighted by Crippen LogP contribution is -2.34. The second-order valence-electron chi connectivity index (χ2n) is 7.29. The summed E-state index contributed by atoms with van der Waals surface area (Å²) >= 11 is 0. The van der Waals surface area contributed by atoms with Crippen LogP contribution in [0.25, 0.3) is 0 Å². The first-order valence-electron chi connectivity index (χ1n) is 8.81. The first kappa shape index (κ1) is 14.2. The SMILES string of the molecule is CN[C@@H]1CCN(c2nc(N)nc3c2CCCC32CCCC2)C1. The molecule has 1 atom stereocenters. The molecule has 2 aliphatic carbocycles. The largest absolute Gasteiger partial charge is 0.368 e. The normalized spacial score (nSPS) is 26.6. The van der Waals surface area contributed by atoms with Crippen molar-refractivity contribution in [3.63, 3.8) is 0 Å². The molecule has 1 aromatic heterocycles. The van der Waals surface area contributed by atoms with Crippen molar-refractivity contribution in [3.8, 4) is 0 Å². The van der Waals surface area contributed by atoms with Crippen molar-refractivity contribution in [2.24, 2.45) is 0 Å². The number of aromatic nitrogens is 2. The summed E-state index contributed by atoms with van der Waals surface area (Å²) in [6, 6.07) is 0.566. The van der Waals surface area contributed by atoms with E-state index in [-0.39, 0.29) is 0 Å². The molecule has 0 amide bonds. The van der Waals surface area contributed by atoms with E-state index in [2.05, 4.69) is 15.2 Å². The fourth-order valence-electron chi connectivity index (χ4n) is 4.87. The fourth-order valence-corrected chi connectivity index (χ4v) is 4.87. The zero-order valence-electron chi connectivity index (χ0n) is 13.6. The predicted octanol–water partition coefficient (Wildman–Crippen LogP) is 2.00. The standard InChI is InChI=1S/C17H27N5/c1-19-12-6-10-22(11-12)15-13-5-4-9-17(7-2-3-8-17)14(13)20-16(18)21-15/h12,19H,2-11H2,1H3,(H2,18,20,21)/t12-/m1/s1. The molecule has 3 aliphatic rings. The summed E-state index contributed by atoms with van der Waals surface area (Å²) in [5.41, 5.74) is 9.11. The molecule has 1 spiro atoms. The van der Waals surface area contributed by atoms with Crippen LogP contribution in [0.5, 0.6) is 0 Å². The summed E-state index contributed by atoms with van der Waals surface area (Å²) in [6.07, 6.45) is 10.1. The Morgan fingerprint density at radius 2 is 1.95 bits per heavy atom. The van der Waals surface area contributed by atoms with E-state index in [0.29, 0.717) is 17.4 Å². The van der Waals surface area contributed by atoms with Crippen LogP contribution in [0, 0.1) is 0 Å². The zero-order chi connectivity index (χ0) is 15.2. The maximum Gasteiger partial charge on any atom is 0.222 e. The summed E-state index contributed by atoms with van der Waals surface area (Å²) in [5, 5.41) is 3.39. The number of nitrogen functional groups attached to an aromatic ring is 1. The minimum absolute atomic E-state index is 0.307. The van der Waals surface area contributed by atoms with Gasteiger partial charge in [-0.15, -0.1) is 0 Å². The van der Waals surface area contributed by atoms with Gasteiger partial charge in [-0.1, -0.05) is 12.8 Å². The Kier molecular flexibility index (Phi) is 3.48. The number of fused-ring (bicyclic) bond motifs is 2. The molecule has 1 saturated carbocycles. The van der Waals surface area contributed by atoms with Gasteiger partial charge in [0.25, 0.3) is 0 Å². The second kappa shape index (κ2) is 5.37. The van der Waals surface area contributed by atoms with Crippen LogP contribution in [0.1, 0.15) is 56.2 Å². The predicted molar refractivity (Wildman–Crippen MR) is 89.2 cm³/mol. The third kappa shape index (κ3) is 2.18. The lowest BCUT2D eigenvalue weighted by atomic mass is 9.71. The summed E-state index contributed by atoms with van der Waals surface area (Å²) < 4.78 is 0. The minimum Gasteiger partial charge on any atom is -0.368 e. The van der Waals surface area contributed by atoms with Gasteiger partial charge in [0.1, 0.15) is 5.82 Å². The van der Waals surface area contributed by atoms with Crippen LogP contribution in [0.2, 0.25) is 0 Å². The Balaban J connectivity index is 1.76. The second-order valence-corrected chi connectivity index (χ2v) is 7.29. The summed E-state index contributed by atoms with van der Waals surface area (Å²) in [7, 11) is 2.05. The third-order valence-corrected chi connectivity index (χ3v) is 6.04. The number of hydrogen-bond acceptors (Lipinski definition) is 5. The van der Waals surface area contributed by atoms with Crippen molar-refractivity contribution in [2.45, 2.75) is 62.8 Å². The smallest absolute Gasteiger partial charge is 0.222 e. The number of nitrogens with zero attached hydrogens (tertiary/aromatic N) is 3. The highest BCUT2D eigenvalue weighted by Crippen LogP contribution is 2.49. The molecule has 22 heavy (non-hydrogen) atoms. The summed E-state index contributed by atoms with van der Waals surface area (Å²) in [4.78, 5) is 11.8. The van der Waals surface area contributed by atoms with Crippen molar-refractivity contribution in [1.82, 2.24) is 15.3 Å². The molecule has 0 radical (unpaired) electrons. The van der Waals surface area contributed by atoms with E-state index in [0.717, 1.165) is 25.3 Å². The van der Waals surface area contributed by atoms with Gasteiger partial charge in [-0.05, 0) is 45.6 Å². The van der Waals surface area contributed by atoms with E-state index < -0.39 is 0 Å². The molecule has 0 aromatic carbocycles. The van der Waals surface area contributed by atoms with E-state index in [4.69, 9.17) is 10.7 Å². The topological polar surface area (TPSA) is 67.1 Å². The minimum atomic E-state index is 0.307. The quantitative estimate of drug-likeness (QED) is 0.874. The third-order valence-electron chi connectivity index (χ3n) is 6.04. The van der Waals surface area contributed by atoms with E-state index in [1.165, 1.54) is 56.2 Å². The van der Waals surface area contributed by atoms with Gasteiger partial charge in [0, 0.05) is 30.1 Å². The first-order chi connectivity index (χ1) is 10.7. The van der Waals surface area contributed by atoms with Crippen LogP contribution in [0.3, 0.4) is 0 Å². The van der Waals surface area contributed by atoms with Crippen LogP contribution in [0.4, 0.5) is 11.8 Å². The van der Waals surface area contributed by atoms with Crippen molar-refractivity contribution in [2.75, 3.05) is 30.8 Å². The van der Waals surface area contributed by atoms with Crippen LogP contribution >= 0.6 is 0 Å². The van der Waals surface area contributed by atoms with Gasteiger partial charge in [-0.2, -0.15) is 4.98 Å². The zero-order valence-corrected chi connectivity index (χ0v) is 13.6. The molecule has 5 heteroatoms. The Hall–Kier alpha value is -1.36. The van der Waals surface area contributed by atoms with Gasteiger partial charge in [0.05, 0.1) is 5.69 Å². The molecular formula is C17H27N5. The van der Waals surface area contributed by atoms with Crippen molar-refractivity contribution in [1.29, 1.82) is 0 Å². The highest BCUT2D eigenvalue weighted by molar-refractivity contribution is 5.55. The molecule has 5 nitrogen and oxygen atoms in total. The average Bonchev–Trinajstić information content (AvgIpc) is 3.17. The monoisotopic (exact) mass is 301 g/mol. The number of nitrogens with two attached hydrogens (primary N) is 1. The van der Waals surface area contributed by atoms with Crippen molar-refractivity contribution < 1.29 is 0 Å². The number of likely N-dealkylation sites (N-methyl/N-ethyl adjacent to an activating group) is 1. The van der Waals surface area contributed by atoms with E-state index >= 15 is 0 Å². The maximum absolute atomic E-state index is 6.10. The van der Waals surface area contributed by atoms with Crippen molar-refractivity contribution >= 4 is 11.8 Å². The highest BCUT2D eigenvalue weighted by atomic mass is 15.3. The lowest BCUT2D eigenvalue weighted by molar-refractivity contribution is 0.357. The highest BCUT2D eigenvalue weighted by Gasteiger charge is 2.42. The molecule has 2 heterocycles. The molecule has 1 aromatic rings. The molecule has 4 rings (SSSR count). The van der Waals surface area contributed by atoms with Crippen LogP contribution in [-0.2, 0) is 11.8 Å². The molecular weight excluding hydrogens is 274 g/mol. The number of hydrogen-bond donors (Lipinski definition) is 2. The lowest BCUT2D eigenvalue weighted by Gasteiger charge is -2.36.